The second kappa shape index (κ2) is 15.9. The Labute approximate surface area is 324 Å². The molecule has 4 heteroatoms. The summed E-state index contributed by atoms with van der Waals surface area (Å²) in [7, 11) is 0. The maximum absolute atomic E-state index is 8.74. The van der Waals surface area contributed by atoms with E-state index in [1.54, 1.807) is 0 Å². The van der Waals surface area contributed by atoms with Gasteiger partial charge in [0.05, 0.1) is 0 Å². The van der Waals surface area contributed by atoms with Crippen LogP contribution in [0.4, 0.5) is 0 Å². The van der Waals surface area contributed by atoms with E-state index >= 15 is 0 Å². The molecular formula is C48H68Ge2O2. The molecule has 0 spiro atoms. The van der Waals surface area contributed by atoms with E-state index in [1.165, 1.54) is 62.1 Å². The standard InChI is InChI=1S/C48H68Ge2O2/c1-29(2)37-21-17-22-38(30(3)4)45(37)49(46-39(31(5)6)23-18-24-40(46)32(7)8)51-50(52-49,47-41(33(9)10)25-19-26-42(47)34(11)12)48-43(35(13)14)27-20-28-44(48)36(15)16/h17-36H,1-16H3. The molecular weight excluding hydrogens is 754 g/mol. The third-order valence-corrected chi connectivity index (χ3v) is 36.7. The van der Waals surface area contributed by atoms with E-state index in [9.17, 15) is 0 Å². The van der Waals surface area contributed by atoms with Crippen molar-refractivity contribution in [1.82, 2.24) is 0 Å². The summed E-state index contributed by atoms with van der Waals surface area (Å²) in [5.74, 6) is 2.69. The first-order valence-electron chi connectivity index (χ1n) is 20.3. The molecule has 0 unspecified atom stereocenters. The Bertz CT molecular complexity index is 1500. The fourth-order valence-corrected chi connectivity index (χ4v) is 43.8. The van der Waals surface area contributed by atoms with Crippen LogP contribution in [-0.2, 0) is 5.58 Å². The van der Waals surface area contributed by atoms with Crippen LogP contribution < -0.4 is 17.6 Å². The Morgan fingerprint density at radius 1 is 0.269 bits per heavy atom. The molecule has 0 aromatic heterocycles. The first kappa shape index (κ1) is 41.1. The SMILES string of the molecule is CC(C)c1cccc(C(C)C)[c]1[Ge]1([c]2c(C(C)C)cccc2C(C)C)[O][Ge]([c]2c(C(C)C)cccc2C(C)C)([c]2c(C(C)C)cccc2C(C)C)[O]1. The zero-order valence-electron chi connectivity index (χ0n) is 35.4. The van der Waals surface area contributed by atoms with Gasteiger partial charge in [-0.15, -0.1) is 0 Å². The van der Waals surface area contributed by atoms with Gasteiger partial charge in [-0.05, 0) is 0 Å². The van der Waals surface area contributed by atoms with Crippen LogP contribution in [0.2, 0.25) is 0 Å². The topological polar surface area (TPSA) is 18.5 Å². The third-order valence-electron chi connectivity index (χ3n) is 11.4. The van der Waals surface area contributed by atoms with Gasteiger partial charge in [0.2, 0.25) is 0 Å². The molecule has 0 atom stereocenters. The minimum atomic E-state index is -4.18. The van der Waals surface area contributed by atoms with Crippen LogP contribution in [0.1, 0.15) is 203 Å². The molecule has 0 radical (unpaired) electrons. The molecule has 0 amide bonds. The van der Waals surface area contributed by atoms with Gasteiger partial charge in [0.25, 0.3) is 0 Å². The Hall–Kier alpha value is -2.11. The molecule has 1 aliphatic heterocycles. The molecule has 280 valence electrons. The van der Waals surface area contributed by atoms with Gasteiger partial charge in [-0.2, -0.15) is 0 Å². The molecule has 0 aliphatic carbocycles. The summed E-state index contributed by atoms with van der Waals surface area (Å²) < 4.78 is 23.2. The molecule has 0 bridgehead atoms. The van der Waals surface area contributed by atoms with E-state index in [1.807, 2.05) is 0 Å². The van der Waals surface area contributed by atoms with Crippen molar-refractivity contribution in [3.63, 3.8) is 0 Å². The summed E-state index contributed by atoms with van der Waals surface area (Å²) in [4.78, 5) is 0. The first-order chi connectivity index (χ1) is 24.4. The molecule has 1 heterocycles. The van der Waals surface area contributed by atoms with E-state index in [-0.39, 0.29) is 0 Å². The predicted molar refractivity (Wildman–Crippen MR) is 231 cm³/mol. The minimum absolute atomic E-state index is 0.336. The number of benzene rings is 4. The summed E-state index contributed by atoms with van der Waals surface area (Å²) in [6.07, 6.45) is 0. The molecule has 4 aromatic carbocycles. The van der Waals surface area contributed by atoms with Crippen molar-refractivity contribution in [2.45, 2.75) is 158 Å². The monoisotopic (exact) mass is 824 g/mol. The predicted octanol–water partition coefficient (Wildman–Crippen LogP) is 11.5. The Balaban J connectivity index is 2.09. The van der Waals surface area contributed by atoms with Crippen molar-refractivity contribution in [2.24, 2.45) is 0 Å². The normalized spacial score (nSPS) is 15.7. The number of hydrogen-bond donors (Lipinski definition) is 0. The van der Waals surface area contributed by atoms with Crippen LogP contribution in [0.25, 0.3) is 0 Å². The van der Waals surface area contributed by atoms with Crippen LogP contribution in [0.15, 0.2) is 72.8 Å². The van der Waals surface area contributed by atoms with Gasteiger partial charge in [-0.25, -0.2) is 0 Å². The molecule has 5 rings (SSSR count). The average Bonchev–Trinajstić information content (AvgIpc) is 3.07. The molecule has 1 aliphatic rings. The van der Waals surface area contributed by atoms with Gasteiger partial charge in [0.1, 0.15) is 0 Å². The maximum atomic E-state index is 8.74. The van der Waals surface area contributed by atoms with Crippen LogP contribution in [0.5, 0.6) is 0 Å². The van der Waals surface area contributed by atoms with Gasteiger partial charge in [-0.3, -0.25) is 0 Å². The summed E-state index contributed by atoms with van der Waals surface area (Å²) in [5, 5.41) is 0. The number of rotatable bonds is 12. The first-order valence-corrected chi connectivity index (χ1v) is 28.0. The van der Waals surface area contributed by atoms with E-state index < -0.39 is 27.9 Å². The van der Waals surface area contributed by atoms with Crippen molar-refractivity contribution in [2.75, 3.05) is 0 Å². The fraction of sp³-hybridized carbons (Fsp3) is 0.500. The zero-order valence-corrected chi connectivity index (χ0v) is 39.6. The van der Waals surface area contributed by atoms with E-state index in [0.717, 1.165) is 0 Å². The zero-order chi connectivity index (χ0) is 38.4. The second-order valence-electron chi connectivity index (χ2n) is 17.9. The Morgan fingerprint density at radius 3 is 0.519 bits per heavy atom. The van der Waals surface area contributed by atoms with Crippen LogP contribution in [-0.4, -0.2) is 27.9 Å². The Morgan fingerprint density at radius 2 is 0.404 bits per heavy atom. The van der Waals surface area contributed by atoms with Crippen molar-refractivity contribution in [3.05, 3.63) is 117 Å². The van der Waals surface area contributed by atoms with Gasteiger partial charge in [-0.1, -0.05) is 0 Å². The van der Waals surface area contributed by atoms with Crippen molar-refractivity contribution >= 4 is 45.5 Å². The second-order valence-corrected chi connectivity index (χ2v) is 32.6. The quantitative estimate of drug-likeness (QED) is 0.133. The van der Waals surface area contributed by atoms with Crippen molar-refractivity contribution in [1.29, 1.82) is 0 Å². The van der Waals surface area contributed by atoms with E-state index in [4.69, 9.17) is 5.58 Å². The molecule has 52 heavy (non-hydrogen) atoms. The summed E-state index contributed by atoms with van der Waals surface area (Å²) in [6.45, 7) is 37.8. The Kier molecular flexibility index (Phi) is 12.6. The fourth-order valence-electron chi connectivity index (χ4n) is 8.79. The van der Waals surface area contributed by atoms with Crippen molar-refractivity contribution < 1.29 is 5.58 Å². The van der Waals surface area contributed by atoms with Crippen LogP contribution >= 0.6 is 0 Å². The van der Waals surface area contributed by atoms with Crippen LogP contribution in [0, 0.1) is 0 Å². The van der Waals surface area contributed by atoms with Crippen LogP contribution in [0.3, 0.4) is 0 Å². The molecule has 1 fully saturated rings. The van der Waals surface area contributed by atoms with Crippen molar-refractivity contribution in [3.8, 4) is 0 Å². The summed E-state index contributed by atoms with van der Waals surface area (Å²) >= 11 is -8.37. The molecule has 2 nitrogen and oxygen atoms in total. The van der Waals surface area contributed by atoms with Gasteiger partial charge >= 0.3 is 326 Å². The van der Waals surface area contributed by atoms with Gasteiger partial charge in [0.15, 0.2) is 0 Å². The molecule has 0 saturated carbocycles. The molecule has 0 N–H and O–H groups in total. The third kappa shape index (κ3) is 7.09. The summed E-state index contributed by atoms with van der Waals surface area (Å²) in [6, 6.07) is 28.2. The van der Waals surface area contributed by atoms with Gasteiger partial charge in [0, 0.05) is 0 Å². The van der Waals surface area contributed by atoms with Gasteiger partial charge < -0.3 is 0 Å². The summed E-state index contributed by atoms with van der Waals surface area (Å²) in [5.41, 5.74) is 11.2. The molecule has 1 saturated heterocycles. The van der Waals surface area contributed by atoms with E-state index in [0.29, 0.717) is 47.3 Å². The average molecular weight is 822 g/mol. The number of hydrogen-bond acceptors (Lipinski definition) is 2. The van der Waals surface area contributed by atoms with E-state index in [2.05, 4.69) is 184 Å². The molecule has 4 aromatic rings.